The normalized spacial score (nSPS) is 15.1. The van der Waals surface area contributed by atoms with E-state index in [-0.39, 0.29) is 29.4 Å². The van der Waals surface area contributed by atoms with Crippen molar-refractivity contribution in [2.45, 2.75) is 19.1 Å². The Bertz CT molecular complexity index is 1540. The lowest BCUT2D eigenvalue weighted by Gasteiger charge is -2.24. The van der Waals surface area contributed by atoms with E-state index in [1.54, 1.807) is 12.0 Å². The van der Waals surface area contributed by atoms with Crippen molar-refractivity contribution in [1.82, 2.24) is 15.1 Å². The van der Waals surface area contributed by atoms with Crippen LogP contribution < -0.4 is 10.2 Å². The molecule has 0 saturated heterocycles. The van der Waals surface area contributed by atoms with Gasteiger partial charge in [0.2, 0.25) is 11.8 Å². The SMILES string of the molecule is COCCNC(=O)CN1C(=O)CS[C@H](c2ccccc2Cl)c2c(-c3ccccc3)nn(-c3cccc(C)c3C)c21. The van der Waals surface area contributed by atoms with Crippen LogP contribution >= 0.6 is 23.4 Å². The lowest BCUT2D eigenvalue weighted by Crippen LogP contribution is -2.43. The number of amides is 2. The summed E-state index contributed by atoms with van der Waals surface area (Å²) in [4.78, 5) is 28.5. The molecule has 1 aliphatic heterocycles. The molecule has 0 spiro atoms. The van der Waals surface area contributed by atoms with E-state index in [1.165, 1.54) is 11.8 Å². The van der Waals surface area contributed by atoms with Gasteiger partial charge >= 0.3 is 0 Å². The number of thioether (sulfide) groups is 1. The minimum absolute atomic E-state index is 0.143. The molecule has 1 aromatic heterocycles. The predicted octanol–water partition coefficient (Wildman–Crippen LogP) is 5.74. The van der Waals surface area contributed by atoms with Crippen LogP contribution in [0.3, 0.4) is 0 Å². The van der Waals surface area contributed by atoms with Crippen molar-refractivity contribution in [3.63, 3.8) is 0 Å². The number of fused-ring (bicyclic) bond motifs is 1. The molecule has 7 nitrogen and oxygen atoms in total. The first-order valence-electron chi connectivity index (χ1n) is 13.1. The Hall–Kier alpha value is -3.59. The van der Waals surface area contributed by atoms with Crippen molar-refractivity contribution in [3.8, 4) is 16.9 Å². The van der Waals surface area contributed by atoms with Crippen LogP contribution in [0, 0.1) is 13.8 Å². The second-order valence-electron chi connectivity index (χ2n) is 9.62. The summed E-state index contributed by atoms with van der Waals surface area (Å²) in [6, 6.07) is 23.7. The molecule has 0 bridgehead atoms. The average Bonchev–Trinajstić information content (AvgIpc) is 3.28. The molecule has 9 heteroatoms. The van der Waals surface area contributed by atoms with E-state index in [9.17, 15) is 9.59 Å². The first-order valence-corrected chi connectivity index (χ1v) is 14.5. The van der Waals surface area contributed by atoms with Crippen LogP contribution in [0.25, 0.3) is 16.9 Å². The topological polar surface area (TPSA) is 76.5 Å². The molecule has 0 aliphatic carbocycles. The maximum absolute atomic E-state index is 13.8. The maximum atomic E-state index is 13.8. The highest BCUT2D eigenvalue weighted by atomic mass is 35.5. The fourth-order valence-corrected chi connectivity index (χ4v) is 6.43. The van der Waals surface area contributed by atoms with Crippen molar-refractivity contribution in [2.24, 2.45) is 0 Å². The first kappa shape index (κ1) is 28.0. The molecular weight excluding hydrogens is 544 g/mol. The van der Waals surface area contributed by atoms with Crippen molar-refractivity contribution in [1.29, 1.82) is 0 Å². The van der Waals surface area contributed by atoms with Crippen LogP contribution in [0.5, 0.6) is 0 Å². The number of benzene rings is 3. The first-order chi connectivity index (χ1) is 19.4. The third kappa shape index (κ3) is 5.52. The molecule has 5 rings (SSSR count). The number of aromatic nitrogens is 2. The third-order valence-electron chi connectivity index (χ3n) is 7.06. The number of hydrogen-bond donors (Lipinski definition) is 1. The van der Waals surface area contributed by atoms with Gasteiger partial charge in [0.25, 0.3) is 0 Å². The molecule has 4 aromatic rings. The van der Waals surface area contributed by atoms with Crippen LogP contribution in [0.4, 0.5) is 5.82 Å². The molecular formula is C31H31ClN4O3S. The lowest BCUT2D eigenvalue weighted by atomic mass is 9.99. The van der Waals surface area contributed by atoms with Crippen LogP contribution in [0.1, 0.15) is 27.5 Å². The van der Waals surface area contributed by atoms with Crippen LogP contribution in [0.15, 0.2) is 72.8 Å². The molecule has 1 N–H and O–H groups in total. The van der Waals surface area contributed by atoms with Gasteiger partial charge < -0.3 is 10.1 Å². The summed E-state index contributed by atoms with van der Waals surface area (Å²) in [6.07, 6.45) is 0. The van der Waals surface area contributed by atoms with Gasteiger partial charge in [-0.2, -0.15) is 5.10 Å². The third-order valence-corrected chi connectivity index (χ3v) is 8.64. The molecule has 0 fully saturated rings. The molecule has 40 heavy (non-hydrogen) atoms. The summed E-state index contributed by atoms with van der Waals surface area (Å²) < 4.78 is 6.91. The monoisotopic (exact) mass is 574 g/mol. The largest absolute Gasteiger partial charge is 0.383 e. The molecule has 206 valence electrons. The van der Waals surface area contributed by atoms with E-state index in [2.05, 4.69) is 5.32 Å². The van der Waals surface area contributed by atoms with Gasteiger partial charge in [-0.1, -0.05) is 72.3 Å². The van der Waals surface area contributed by atoms with Crippen molar-refractivity contribution >= 4 is 41.0 Å². The van der Waals surface area contributed by atoms with Crippen molar-refractivity contribution in [3.05, 3.63) is 100 Å². The summed E-state index contributed by atoms with van der Waals surface area (Å²) in [6.45, 7) is 4.69. The molecule has 0 radical (unpaired) electrons. The lowest BCUT2D eigenvalue weighted by molar-refractivity contribution is -0.123. The molecule has 2 amide bonds. The van der Waals surface area contributed by atoms with E-state index in [0.29, 0.717) is 24.0 Å². The second-order valence-corrected chi connectivity index (χ2v) is 11.1. The zero-order chi connectivity index (χ0) is 28.2. The summed E-state index contributed by atoms with van der Waals surface area (Å²) in [5, 5.41) is 8.35. The standard InChI is InChI=1S/C31H31ClN4O3S/c1-20-10-9-15-25(21(20)2)36-31-28(29(34-36)22-11-5-4-6-12-22)30(23-13-7-8-14-24(23)32)40-19-27(38)35(31)18-26(37)33-16-17-39-3/h4-15,30H,16-19H2,1-3H3,(H,33,37)/t30-/m1/s1. The fraction of sp³-hybridized carbons (Fsp3) is 0.258. The van der Waals surface area contributed by atoms with Gasteiger partial charge in [-0.05, 0) is 42.7 Å². The number of methoxy groups -OCH3 is 1. The number of aryl methyl sites for hydroxylation is 1. The van der Waals surface area contributed by atoms with Gasteiger partial charge in [0.1, 0.15) is 12.4 Å². The van der Waals surface area contributed by atoms with Gasteiger partial charge in [-0.15, -0.1) is 11.8 Å². The number of hydrogen-bond acceptors (Lipinski definition) is 5. The molecule has 0 saturated carbocycles. The Kier molecular flexibility index (Phi) is 8.59. The number of anilines is 1. The van der Waals surface area contributed by atoms with Gasteiger partial charge in [0, 0.05) is 29.8 Å². The Labute approximate surface area is 243 Å². The number of carbonyl (C=O) groups is 2. The van der Waals surface area contributed by atoms with Crippen LogP contribution in [-0.2, 0) is 14.3 Å². The summed E-state index contributed by atoms with van der Waals surface area (Å²) in [5.41, 5.74) is 6.39. The van der Waals surface area contributed by atoms with E-state index in [0.717, 1.165) is 39.2 Å². The average molecular weight is 575 g/mol. The molecule has 1 atom stereocenters. The van der Waals surface area contributed by atoms with E-state index >= 15 is 0 Å². The molecule has 0 unspecified atom stereocenters. The quantitative estimate of drug-likeness (QED) is 0.272. The number of nitrogens with zero attached hydrogens (tertiary/aromatic N) is 3. The minimum Gasteiger partial charge on any atom is -0.383 e. The maximum Gasteiger partial charge on any atom is 0.240 e. The van der Waals surface area contributed by atoms with E-state index in [1.807, 2.05) is 91.3 Å². The Morgan fingerprint density at radius 1 is 1.07 bits per heavy atom. The number of nitrogens with one attached hydrogen (secondary N) is 1. The van der Waals surface area contributed by atoms with Gasteiger partial charge in [-0.25, -0.2) is 4.68 Å². The number of rotatable bonds is 8. The number of ether oxygens (including phenoxy) is 1. The minimum atomic E-state index is -0.289. The highest BCUT2D eigenvalue weighted by molar-refractivity contribution is 8.00. The Balaban J connectivity index is 1.79. The van der Waals surface area contributed by atoms with Crippen LogP contribution in [-0.4, -0.2) is 54.2 Å². The number of carbonyl (C=O) groups excluding carboxylic acids is 2. The smallest absolute Gasteiger partial charge is 0.240 e. The van der Waals surface area contributed by atoms with E-state index < -0.39 is 0 Å². The van der Waals surface area contributed by atoms with Gasteiger partial charge in [-0.3, -0.25) is 14.5 Å². The van der Waals surface area contributed by atoms with Gasteiger partial charge in [0.05, 0.1) is 29.0 Å². The van der Waals surface area contributed by atoms with Crippen LogP contribution in [0.2, 0.25) is 5.02 Å². The van der Waals surface area contributed by atoms with Crippen molar-refractivity contribution in [2.75, 3.05) is 37.5 Å². The van der Waals surface area contributed by atoms with Crippen molar-refractivity contribution < 1.29 is 14.3 Å². The zero-order valence-electron chi connectivity index (χ0n) is 22.7. The Morgan fingerprint density at radius 3 is 2.58 bits per heavy atom. The fourth-order valence-electron chi connectivity index (χ4n) is 4.89. The highest BCUT2D eigenvalue weighted by Crippen LogP contribution is 2.50. The van der Waals surface area contributed by atoms with Gasteiger partial charge in [0.15, 0.2) is 0 Å². The zero-order valence-corrected chi connectivity index (χ0v) is 24.3. The summed E-state index contributed by atoms with van der Waals surface area (Å²) >= 11 is 8.26. The number of halogens is 1. The summed E-state index contributed by atoms with van der Waals surface area (Å²) in [5.74, 6) is 0.312. The highest BCUT2D eigenvalue weighted by Gasteiger charge is 2.38. The molecule has 1 aliphatic rings. The summed E-state index contributed by atoms with van der Waals surface area (Å²) in [7, 11) is 1.58. The van der Waals surface area contributed by atoms with E-state index in [4.69, 9.17) is 21.4 Å². The Morgan fingerprint density at radius 2 is 1.82 bits per heavy atom. The second kappa shape index (κ2) is 12.3. The molecule has 2 heterocycles. The molecule has 3 aromatic carbocycles. The predicted molar refractivity (Wildman–Crippen MR) is 161 cm³/mol.